The number of esters is 1. The van der Waals surface area contributed by atoms with Crippen LogP contribution in [0, 0.1) is 5.92 Å². The van der Waals surface area contributed by atoms with Gasteiger partial charge >= 0.3 is 5.97 Å². The van der Waals surface area contributed by atoms with Crippen LogP contribution in [-0.4, -0.2) is 29.8 Å². The van der Waals surface area contributed by atoms with Gasteiger partial charge in [-0.1, -0.05) is 12.1 Å². The predicted molar refractivity (Wildman–Crippen MR) is 73.1 cm³/mol. The molecule has 0 bridgehead atoms. The van der Waals surface area contributed by atoms with E-state index in [0.717, 1.165) is 12.1 Å². The molecule has 1 saturated heterocycles. The van der Waals surface area contributed by atoms with Gasteiger partial charge in [-0.15, -0.1) is 0 Å². The van der Waals surface area contributed by atoms with Crippen molar-refractivity contribution >= 4 is 5.97 Å². The highest BCUT2D eigenvalue weighted by atomic mass is 16.6. The van der Waals surface area contributed by atoms with Crippen LogP contribution in [0.4, 0.5) is 0 Å². The molecule has 0 unspecified atom stereocenters. The van der Waals surface area contributed by atoms with Gasteiger partial charge in [0, 0.05) is 19.0 Å². The highest BCUT2D eigenvalue weighted by molar-refractivity contribution is 5.75. The van der Waals surface area contributed by atoms with Gasteiger partial charge in [-0.2, -0.15) is 0 Å². The van der Waals surface area contributed by atoms with Crippen LogP contribution >= 0.6 is 0 Å². The van der Waals surface area contributed by atoms with Crippen molar-refractivity contribution in [3.05, 3.63) is 29.8 Å². The largest absolute Gasteiger partial charge is 0.508 e. The molecule has 1 aliphatic heterocycles. The fourth-order valence-electron chi connectivity index (χ4n) is 2.38. The molecule has 4 nitrogen and oxygen atoms in total. The van der Waals surface area contributed by atoms with Crippen molar-refractivity contribution in [2.45, 2.75) is 32.3 Å². The van der Waals surface area contributed by atoms with Gasteiger partial charge in [0.2, 0.25) is 0 Å². The second kappa shape index (κ2) is 5.21. The zero-order valence-corrected chi connectivity index (χ0v) is 11.6. The lowest BCUT2D eigenvalue weighted by molar-refractivity contribution is -0.159. The Morgan fingerprint density at radius 2 is 1.89 bits per heavy atom. The van der Waals surface area contributed by atoms with E-state index in [2.05, 4.69) is 5.32 Å². The molecule has 0 radical (unpaired) electrons. The Kier molecular flexibility index (Phi) is 3.80. The Hall–Kier alpha value is -1.55. The predicted octanol–water partition coefficient (Wildman–Crippen LogP) is 2.04. The first kappa shape index (κ1) is 13.9. The third kappa shape index (κ3) is 3.47. The maximum atomic E-state index is 12.2. The number of nitrogens with one attached hydrogen (secondary N) is 1. The van der Waals surface area contributed by atoms with E-state index in [4.69, 9.17) is 4.74 Å². The van der Waals surface area contributed by atoms with Gasteiger partial charge in [0.25, 0.3) is 0 Å². The summed E-state index contributed by atoms with van der Waals surface area (Å²) in [5.74, 6) is 0.0262. The second-order valence-electron chi connectivity index (χ2n) is 6.00. The zero-order valence-electron chi connectivity index (χ0n) is 11.6. The average Bonchev–Trinajstić information content (AvgIpc) is 2.76. The molecule has 2 N–H and O–H groups in total. The normalized spacial score (nSPS) is 23.3. The number of carbonyl (C=O) groups excluding carboxylic acids is 1. The van der Waals surface area contributed by atoms with E-state index in [1.165, 1.54) is 0 Å². The van der Waals surface area contributed by atoms with E-state index >= 15 is 0 Å². The van der Waals surface area contributed by atoms with E-state index in [9.17, 15) is 9.90 Å². The molecule has 0 spiro atoms. The van der Waals surface area contributed by atoms with Gasteiger partial charge < -0.3 is 15.2 Å². The molecule has 104 valence electrons. The number of rotatable bonds is 2. The summed E-state index contributed by atoms with van der Waals surface area (Å²) < 4.78 is 5.47. The average molecular weight is 263 g/mol. The van der Waals surface area contributed by atoms with E-state index in [-0.39, 0.29) is 23.6 Å². The summed E-state index contributed by atoms with van der Waals surface area (Å²) >= 11 is 0. The minimum absolute atomic E-state index is 0.107. The fraction of sp³-hybridized carbons (Fsp3) is 0.533. The summed E-state index contributed by atoms with van der Waals surface area (Å²) in [5, 5.41) is 12.6. The number of hydrogen-bond acceptors (Lipinski definition) is 4. The third-order valence-corrected chi connectivity index (χ3v) is 3.24. The first-order valence-electron chi connectivity index (χ1n) is 6.59. The standard InChI is InChI=1S/C15H21NO3/c1-15(2,3)19-14(18)13-9-16-8-12(13)10-4-6-11(17)7-5-10/h4-7,12-13,16-17H,8-9H2,1-3H3/t12-,13+/m0/s1. The maximum Gasteiger partial charge on any atom is 0.311 e. The lowest BCUT2D eigenvalue weighted by atomic mass is 9.89. The van der Waals surface area contributed by atoms with Crippen LogP contribution in [0.25, 0.3) is 0 Å². The molecule has 0 aromatic heterocycles. The fourth-order valence-corrected chi connectivity index (χ4v) is 2.38. The summed E-state index contributed by atoms with van der Waals surface area (Å²) in [6, 6.07) is 7.04. The highest BCUT2D eigenvalue weighted by Crippen LogP contribution is 2.31. The molecule has 1 heterocycles. The van der Waals surface area contributed by atoms with Gasteiger partial charge in [-0.25, -0.2) is 0 Å². The van der Waals surface area contributed by atoms with E-state index < -0.39 is 5.60 Å². The number of phenolic OH excluding ortho intramolecular Hbond substituents is 1. The SMILES string of the molecule is CC(C)(C)OC(=O)[C@@H]1CNC[C@H]1c1ccc(O)cc1. The van der Waals surface area contributed by atoms with Crippen molar-refractivity contribution in [1.82, 2.24) is 5.32 Å². The molecule has 0 amide bonds. The molecule has 1 aliphatic rings. The molecule has 1 aromatic carbocycles. The van der Waals surface area contributed by atoms with Crippen molar-refractivity contribution < 1.29 is 14.6 Å². The molecule has 19 heavy (non-hydrogen) atoms. The molecular weight excluding hydrogens is 242 g/mol. The number of carbonyl (C=O) groups is 1. The van der Waals surface area contributed by atoms with Crippen molar-refractivity contribution in [1.29, 1.82) is 0 Å². The Balaban J connectivity index is 2.12. The molecule has 4 heteroatoms. The number of hydrogen-bond donors (Lipinski definition) is 2. The summed E-state index contributed by atoms with van der Waals surface area (Å²) in [4.78, 5) is 12.2. The Morgan fingerprint density at radius 3 is 2.47 bits per heavy atom. The van der Waals surface area contributed by atoms with E-state index in [0.29, 0.717) is 6.54 Å². The number of aromatic hydroxyl groups is 1. The van der Waals surface area contributed by atoms with Gasteiger partial charge in [-0.05, 0) is 38.5 Å². The van der Waals surface area contributed by atoms with Gasteiger partial charge in [0.1, 0.15) is 11.4 Å². The molecule has 0 aliphatic carbocycles. The molecule has 2 rings (SSSR count). The first-order valence-corrected chi connectivity index (χ1v) is 6.59. The molecule has 1 fully saturated rings. The highest BCUT2D eigenvalue weighted by Gasteiger charge is 2.36. The Bertz CT molecular complexity index is 447. The van der Waals surface area contributed by atoms with Crippen LogP contribution in [0.3, 0.4) is 0 Å². The smallest absolute Gasteiger partial charge is 0.311 e. The van der Waals surface area contributed by atoms with Crippen LogP contribution in [0.5, 0.6) is 5.75 Å². The van der Waals surface area contributed by atoms with Crippen molar-refractivity contribution in [3.8, 4) is 5.75 Å². The van der Waals surface area contributed by atoms with Crippen LogP contribution < -0.4 is 5.32 Å². The van der Waals surface area contributed by atoms with Crippen molar-refractivity contribution in [2.24, 2.45) is 5.92 Å². The summed E-state index contributed by atoms with van der Waals surface area (Å²) in [6.07, 6.45) is 0. The Labute approximate surface area is 113 Å². The van der Waals surface area contributed by atoms with Crippen LogP contribution in [0.15, 0.2) is 24.3 Å². The maximum absolute atomic E-state index is 12.2. The zero-order chi connectivity index (χ0) is 14.0. The summed E-state index contributed by atoms with van der Waals surface area (Å²) in [5.41, 5.74) is 0.595. The number of benzene rings is 1. The van der Waals surface area contributed by atoms with Gasteiger partial charge in [-0.3, -0.25) is 4.79 Å². The lowest BCUT2D eigenvalue weighted by Crippen LogP contribution is -2.31. The quantitative estimate of drug-likeness (QED) is 0.802. The summed E-state index contributed by atoms with van der Waals surface area (Å²) in [6.45, 7) is 7.03. The van der Waals surface area contributed by atoms with Crippen LogP contribution in [0.2, 0.25) is 0 Å². The van der Waals surface area contributed by atoms with Crippen molar-refractivity contribution in [2.75, 3.05) is 13.1 Å². The topological polar surface area (TPSA) is 58.6 Å². The lowest BCUT2D eigenvalue weighted by Gasteiger charge is -2.24. The molecule has 2 atom stereocenters. The third-order valence-electron chi connectivity index (χ3n) is 3.24. The second-order valence-corrected chi connectivity index (χ2v) is 6.00. The number of ether oxygens (including phenoxy) is 1. The molecular formula is C15H21NO3. The minimum Gasteiger partial charge on any atom is -0.508 e. The van der Waals surface area contributed by atoms with Crippen molar-refractivity contribution in [3.63, 3.8) is 0 Å². The van der Waals surface area contributed by atoms with Crippen LogP contribution in [-0.2, 0) is 9.53 Å². The number of phenols is 1. The Morgan fingerprint density at radius 1 is 1.26 bits per heavy atom. The summed E-state index contributed by atoms with van der Waals surface area (Å²) in [7, 11) is 0. The first-order chi connectivity index (χ1) is 8.87. The van der Waals surface area contributed by atoms with E-state index in [1.807, 2.05) is 32.9 Å². The van der Waals surface area contributed by atoms with E-state index in [1.54, 1.807) is 12.1 Å². The molecule has 0 saturated carbocycles. The van der Waals surface area contributed by atoms with Gasteiger partial charge in [0.05, 0.1) is 5.92 Å². The minimum atomic E-state index is -0.459. The molecule has 1 aromatic rings. The monoisotopic (exact) mass is 263 g/mol. The van der Waals surface area contributed by atoms with Gasteiger partial charge in [0.15, 0.2) is 0 Å². The van der Waals surface area contributed by atoms with Crippen LogP contribution in [0.1, 0.15) is 32.3 Å².